The summed E-state index contributed by atoms with van der Waals surface area (Å²) in [5.74, 6) is -0.629. The van der Waals surface area contributed by atoms with E-state index in [9.17, 15) is 22.4 Å². The zero-order chi connectivity index (χ0) is 49.9. The first-order valence-electron chi connectivity index (χ1n) is 24.2. The van der Waals surface area contributed by atoms with Gasteiger partial charge in [0.2, 0.25) is 0 Å². The van der Waals surface area contributed by atoms with Crippen LogP contribution in [0.3, 0.4) is 0 Å². The molecule has 6 radical (unpaired) electrons. The predicted octanol–water partition coefficient (Wildman–Crippen LogP) is 13.9. The summed E-state index contributed by atoms with van der Waals surface area (Å²) in [6.45, 7) is 38.8. The van der Waals surface area contributed by atoms with Crippen molar-refractivity contribution in [1.29, 1.82) is 5.41 Å². The van der Waals surface area contributed by atoms with Gasteiger partial charge < -0.3 is 164 Å². The molecule has 0 bridgehead atoms. The summed E-state index contributed by atoms with van der Waals surface area (Å²) in [5, 5.41) is 17.0. The summed E-state index contributed by atoms with van der Waals surface area (Å²) in [6, 6.07) is 29.1. The van der Waals surface area contributed by atoms with Gasteiger partial charge >= 0.3 is 7.25 Å². The van der Waals surface area contributed by atoms with Gasteiger partial charge in [-0.1, -0.05) is 102 Å². The number of hydrogen-bond donors (Lipinski definition) is 1. The van der Waals surface area contributed by atoms with Gasteiger partial charge in [-0.2, -0.15) is 0 Å². The Kier molecular flexibility index (Phi) is 209. The second kappa shape index (κ2) is 114. The molecule has 0 aliphatic rings. The monoisotopic (exact) mass is 2750 g/mol. The van der Waals surface area contributed by atoms with Crippen LogP contribution in [0.5, 0.6) is 0 Å². The first-order valence-corrected chi connectivity index (χ1v) is 34.8. The molecule has 0 heterocycles. The van der Waals surface area contributed by atoms with Crippen LogP contribution < -0.4 is 5.11 Å². The Labute approximate surface area is 648 Å². The Balaban J connectivity index is -0.0000000259. The van der Waals surface area contributed by atoms with Crippen molar-refractivity contribution < 1.29 is 145 Å². The normalized spacial score (nSPS) is 8.08. The van der Waals surface area contributed by atoms with Crippen LogP contribution in [0.25, 0.3) is 0 Å². The van der Waals surface area contributed by atoms with Crippen molar-refractivity contribution in [3.8, 4) is 0 Å². The Morgan fingerprint density at radius 2 is 0.442 bits per heavy atom. The average Bonchev–Trinajstić information content (AvgIpc) is 3.29. The standard InChI is InChI=1S/C7H7NO.2C7H8.5C6H15P.BF4.6Re.8Se/c8-7(9)6-4-2-1-3-5-6;2*1-7-5-3-2-4-6-7;5*1-4-7(5-2)6-3;2-1(3,4)5;;;;;;;;;;;;;;/h1-5H,(H2,8,9);2*2-6H,1H3;5*4-6H2,1-3H3;;;;;;;;;;;;;;;/q;;;;;;;;-1;;;;;;;8*-2/p+4. The fourth-order valence-corrected chi connectivity index (χ4v) is 12.9. The molecule has 26 heteroatoms. The first-order chi connectivity index (χ1) is 29.8. The molecular weight excluding hydrogens is 2630 g/mol. The van der Waals surface area contributed by atoms with Crippen LogP contribution in [-0.2, 0) is 123 Å². The van der Waals surface area contributed by atoms with Crippen molar-refractivity contribution >= 4 is 189 Å². The largest absolute Gasteiger partial charge is 2.00 e. The maximum Gasteiger partial charge on any atom is 0.673 e. The average molecular weight is 2740 g/mol. The molecule has 77 heavy (non-hydrogen) atoms. The van der Waals surface area contributed by atoms with E-state index in [0.717, 1.165) is 0 Å². The predicted molar refractivity (Wildman–Crippen MR) is 352 cm³/mol. The van der Waals surface area contributed by atoms with E-state index in [1.807, 2.05) is 42.5 Å². The third-order valence-electron chi connectivity index (χ3n) is 10.4. The van der Waals surface area contributed by atoms with E-state index in [1.54, 1.807) is 24.3 Å². The fraction of sp³-hybridized carbons (Fsp3) is 0.627. The smallest absolute Gasteiger partial charge is 0.673 e. The van der Waals surface area contributed by atoms with Crippen molar-refractivity contribution in [3.63, 3.8) is 0 Å². The molecule has 2 nitrogen and oxygen atoms in total. The van der Waals surface area contributed by atoms with E-state index in [4.69, 9.17) is 5.41 Å². The Hall–Kier alpha value is 7.19. The van der Waals surface area contributed by atoms with E-state index < -0.39 is 13.2 Å². The van der Waals surface area contributed by atoms with Gasteiger partial charge in [0.15, 0.2) is 0 Å². The van der Waals surface area contributed by atoms with Gasteiger partial charge in [0.25, 0.3) is 0 Å². The fourth-order valence-electron chi connectivity index (χ4n) is 5.41. The van der Waals surface area contributed by atoms with Gasteiger partial charge in [-0.3, -0.25) is 0 Å². The number of hydrogen-bond acceptors (Lipinski definition) is 2. The second-order valence-corrected chi connectivity index (χ2v) is 32.7. The summed E-state index contributed by atoms with van der Waals surface area (Å²) < 4.78 is 39.0. The third-order valence-corrected chi connectivity index (χ3v) is 25.4. The molecule has 0 unspecified atom stereocenters. The zero-order valence-corrected chi connectivity index (χ0v) is 84.3. The molecule has 476 valence electrons. The van der Waals surface area contributed by atoms with Crippen molar-refractivity contribution in [1.82, 2.24) is 0 Å². The van der Waals surface area contributed by atoms with Crippen LogP contribution >= 0.6 is 39.6 Å². The minimum atomic E-state index is -6.00. The van der Waals surface area contributed by atoms with Crippen LogP contribution in [-0.4, -0.2) is 242 Å². The van der Waals surface area contributed by atoms with Gasteiger partial charge in [0.05, 0.1) is 92.4 Å². The number of benzene rings is 3. The van der Waals surface area contributed by atoms with Crippen molar-refractivity contribution in [3.05, 3.63) is 108 Å². The molecule has 0 amide bonds. The Morgan fingerprint density at radius 3 is 0.494 bits per heavy atom. The van der Waals surface area contributed by atoms with E-state index in [1.165, 1.54) is 104 Å². The van der Waals surface area contributed by atoms with E-state index in [2.05, 4.69) is 142 Å². The minimum Gasteiger partial charge on any atom is -2.00 e. The molecule has 0 spiro atoms. The summed E-state index contributed by atoms with van der Waals surface area (Å²) in [6.07, 6.45) is 21.8. The van der Waals surface area contributed by atoms with Gasteiger partial charge in [0, 0.05) is 123 Å². The maximum absolute atomic E-state index is 10.3. The quantitative estimate of drug-likeness (QED) is 0.0502. The molecule has 3 aromatic carbocycles. The van der Waals surface area contributed by atoms with Gasteiger partial charge in [0.1, 0.15) is 0 Å². The molecule has 0 aromatic heterocycles. The van der Waals surface area contributed by atoms with Crippen LogP contribution in [0.15, 0.2) is 91.0 Å². The van der Waals surface area contributed by atoms with Gasteiger partial charge in [-0.25, -0.2) is 0 Å². The summed E-state index contributed by atoms with van der Waals surface area (Å²) in [4.78, 5) is 0. The summed E-state index contributed by atoms with van der Waals surface area (Å²) in [5.41, 5.74) is 3.09. The summed E-state index contributed by atoms with van der Waals surface area (Å²) >= 11 is 0. The molecule has 0 atom stereocenters. The van der Waals surface area contributed by atoms with Crippen LogP contribution in [0.2, 0.25) is 0 Å². The first kappa shape index (κ1) is 141. The van der Waals surface area contributed by atoms with Crippen molar-refractivity contribution in [2.75, 3.05) is 92.4 Å². The molecule has 0 fully saturated rings. The zero-order valence-electron chi connectivity index (χ0n) is 49.3. The molecule has 0 saturated heterocycles. The van der Waals surface area contributed by atoms with Crippen LogP contribution in [0.4, 0.5) is 17.3 Å². The summed E-state index contributed by atoms with van der Waals surface area (Å²) in [7, 11) is -5.31. The van der Waals surface area contributed by atoms with Crippen LogP contribution in [0, 0.1) is 19.3 Å². The molecule has 3 aromatic rings. The minimum absolute atomic E-state index is 0. The van der Waals surface area contributed by atoms with Crippen LogP contribution in [0.1, 0.15) is 121 Å². The number of aryl methyl sites for hydroxylation is 2. The van der Waals surface area contributed by atoms with Gasteiger partial charge in [-0.15, -0.1) is 0 Å². The number of halogens is 4. The van der Waals surface area contributed by atoms with Crippen molar-refractivity contribution in [2.45, 2.75) is 118 Å². The van der Waals surface area contributed by atoms with Crippen molar-refractivity contribution in [2.24, 2.45) is 0 Å². The topological polar surface area (TPSA) is 46.9 Å². The van der Waals surface area contributed by atoms with E-state index >= 15 is 0 Å². The Morgan fingerprint density at radius 1 is 0.325 bits per heavy atom. The van der Waals surface area contributed by atoms with E-state index in [-0.39, 0.29) is 299 Å². The molecular formula is C51H102BF4NOP5Re6Se8-13. The molecule has 3 rings (SSSR count). The molecule has 0 saturated carbocycles. The molecule has 1 N–H and O–H groups in total. The number of rotatable bonds is 16. The number of nitrogens with one attached hydrogen (secondary N) is 1. The molecule has 0 aliphatic carbocycles. The third kappa shape index (κ3) is 129. The van der Waals surface area contributed by atoms with Gasteiger partial charge in [-0.05, 0) is 169 Å². The molecule has 0 aliphatic heterocycles. The second-order valence-electron chi connectivity index (χ2n) is 14.6. The Bertz CT molecular complexity index is 1170. The van der Waals surface area contributed by atoms with E-state index in [0.29, 0.717) is 5.56 Å². The maximum atomic E-state index is 10.3. The SMILES string of the molecule is CC[PH+](CC)CC.CC[PH+](CC)CC.CC[PH+](CC)CC.CC[PH+](CC)CC.CC[PH+](CC)CC.Cc1ccccc1.Cc1ccccc1.F[B-](F)(F)F.N=C([O-])c1ccccc1.[Re].[Re].[Re].[Re].[Re].[Re].[Se-2].[Se-2].[Se-2].[Se-2].[Se-2].[Se-2].[Se-2].[Se-2].